The number of carbonyl (C=O) groups is 2. The maximum absolute atomic E-state index is 12.6. The van der Waals surface area contributed by atoms with Gasteiger partial charge in [-0.1, -0.05) is 13.0 Å². The van der Waals surface area contributed by atoms with Crippen molar-refractivity contribution < 1.29 is 9.59 Å². The predicted molar refractivity (Wildman–Crippen MR) is 85.1 cm³/mol. The van der Waals surface area contributed by atoms with E-state index >= 15 is 0 Å². The Morgan fingerprint density at radius 2 is 2.23 bits per heavy atom. The van der Waals surface area contributed by atoms with Crippen LogP contribution >= 0.6 is 0 Å². The van der Waals surface area contributed by atoms with E-state index in [0.29, 0.717) is 19.5 Å². The van der Waals surface area contributed by atoms with Gasteiger partial charge in [-0.05, 0) is 44.7 Å². The van der Waals surface area contributed by atoms with Gasteiger partial charge >= 0.3 is 0 Å². The second-order valence-electron chi connectivity index (χ2n) is 6.12. The Balaban J connectivity index is 2.04. The molecule has 1 N–H and O–H groups in total. The average Bonchev–Trinajstić information content (AvgIpc) is 2.89. The summed E-state index contributed by atoms with van der Waals surface area (Å²) in [4.78, 5) is 30.9. The Kier molecular flexibility index (Phi) is 5.16. The molecule has 2 amide bonds. The molecule has 1 aromatic rings. The van der Waals surface area contributed by atoms with E-state index in [1.807, 2.05) is 32.9 Å². The van der Waals surface area contributed by atoms with Crippen molar-refractivity contribution in [3.05, 3.63) is 29.6 Å². The minimum absolute atomic E-state index is 0.0756. The van der Waals surface area contributed by atoms with Crippen LogP contribution in [0.5, 0.6) is 0 Å². The highest BCUT2D eigenvalue weighted by Gasteiger charge is 2.45. The Morgan fingerprint density at radius 3 is 2.91 bits per heavy atom. The molecule has 1 aromatic heterocycles. The van der Waals surface area contributed by atoms with Gasteiger partial charge in [0, 0.05) is 19.2 Å². The maximum atomic E-state index is 12.6. The summed E-state index contributed by atoms with van der Waals surface area (Å²) < 4.78 is 0. The first-order valence-corrected chi connectivity index (χ1v) is 7.98. The van der Waals surface area contributed by atoms with Crippen molar-refractivity contribution in [2.45, 2.75) is 58.5 Å². The zero-order valence-corrected chi connectivity index (χ0v) is 13.7. The number of likely N-dealkylation sites (tertiary alicyclic amines) is 1. The summed E-state index contributed by atoms with van der Waals surface area (Å²) in [6, 6.07) is 3.85. The summed E-state index contributed by atoms with van der Waals surface area (Å²) in [6.45, 7) is 6.90. The minimum atomic E-state index is -0.727. The van der Waals surface area contributed by atoms with E-state index in [4.69, 9.17) is 0 Å². The Bertz CT molecular complexity index is 559. The number of hydrogen-bond acceptors (Lipinski definition) is 3. The SMILES string of the molecule is CCCC(=O)N1CCCC1(C)C(=O)NCc1ncccc1C. The monoisotopic (exact) mass is 303 g/mol. The number of aryl methyl sites for hydroxylation is 1. The smallest absolute Gasteiger partial charge is 0.246 e. The summed E-state index contributed by atoms with van der Waals surface area (Å²) in [6.07, 6.45) is 4.63. The molecule has 0 aliphatic carbocycles. The van der Waals surface area contributed by atoms with Crippen LogP contribution in [0.25, 0.3) is 0 Å². The summed E-state index contributed by atoms with van der Waals surface area (Å²) in [5, 5.41) is 2.95. The molecule has 5 nitrogen and oxygen atoms in total. The third-order valence-corrected chi connectivity index (χ3v) is 4.43. The molecule has 0 aromatic carbocycles. The molecule has 2 rings (SSSR count). The van der Waals surface area contributed by atoms with Crippen LogP contribution in [0, 0.1) is 6.92 Å². The van der Waals surface area contributed by atoms with E-state index in [0.717, 1.165) is 30.5 Å². The predicted octanol–water partition coefficient (Wildman–Crippen LogP) is 2.19. The number of amides is 2. The van der Waals surface area contributed by atoms with E-state index in [1.165, 1.54) is 0 Å². The van der Waals surface area contributed by atoms with Crippen LogP contribution in [0.3, 0.4) is 0 Å². The Labute approximate surface area is 132 Å². The number of aromatic nitrogens is 1. The Morgan fingerprint density at radius 1 is 1.45 bits per heavy atom. The molecule has 0 saturated carbocycles. The van der Waals surface area contributed by atoms with E-state index in [1.54, 1.807) is 11.1 Å². The van der Waals surface area contributed by atoms with Crippen LogP contribution in [0.4, 0.5) is 0 Å². The van der Waals surface area contributed by atoms with Crippen LogP contribution in [0.2, 0.25) is 0 Å². The first kappa shape index (κ1) is 16.5. The van der Waals surface area contributed by atoms with E-state index in [9.17, 15) is 9.59 Å². The molecule has 0 spiro atoms. The lowest BCUT2D eigenvalue weighted by Gasteiger charge is -2.34. The fourth-order valence-corrected chi connectivity index (χ4v) is 3.01. The van der Waals surface area contributed by atoms with Gasteiger partial charge in [0.25, 0.3) is 0 Å². The van der Waals surface area contributed by atoms with E-state index < -0.39 is 5.54 Å². The molecule has 5 heteroatoms. The highest BCUT2D eigenvalue weighted by Crippen LogP contribution is 2.30. The molecule has 1 atom stereocenters. The van der Waals surface area contributed by atoms with Crippen LogP contribution in [-0.2, 0) is 16.1 Å². The van der Waals surface area contributed by atoms with Crippen molar-refractivity contribution in [2.75, 3.05) is 6.54 Å². The van der Waals surface area contributed by atoms with Gasteiger partial charge in [0.1, 0.15) is 5.54 Å². The molecular formula is C17H25N3O2. The van der Waals surface area contributed by atoms with Crippen molar-refractivity contribution in [1.29, 1.82) is 0 Å². The molecule has 120 valence electrons. The maximum Gasteiger partial charge on any atom is 0.246 e. The number of nitrogens with zero attached hydrogens (tertiary/aromatic N) is 2. The molecule has 1 saturated heterocycles. The van der Waals surface area contributed by atoms with E-state index in [2.05, 4.69) is 10.3 Å². The summed E-state index contributed by atoms with van der Waals surface area (Å²) in [5.74, 6) is -0.00817. The number of carbonyl (C=O) groups excluding carboxylic acids is 2. The van der Waals surface area contributed by atoms with Crippen LogP contribution < -0.4 is 5.32 Å². The molecule has 0 bridgehead atoms. The Hall–Kier alpha value is -1.91. The zero-order valence-electron chi connectivity index (χ0n) is 13.7. The van der Waals surface area contributed by atoms with Gasteiger partial charge in [-0.25, -0.2) is 0 Å². The lowest BCUT2D eigenvalue weighted by atomic mass is 9.97. The topological polar surface area (TPSA) is 62.3 Å². The first-order chi connectivity index (χ1) is 10.5. The first-order valence-electron chi connectivity index (χ1n) is 7.98. The summed E-state index contributed by atoms with van der Waals surface area (Å²) >= 11 is 0. The molecule has 1 unspecified atom stereocenters. The van der Waals surface area contributed by atoms with Gasteiger partial charge in [0.2, 0.25) is 11.8 Å². The van der Waals surface area contributed by atoms with Crippen LogP contribution in [0.15, 0.2) is 18.3 Å². The average molecular weight is 303 g/mol. The molecular weight excluding hydrogens is 278 g/mol. The number of pyridine rings is 1. The van der Waals surface area contributed by atoms with E-state index in [-0.39, 0.29) is 11.8 Å². The standard InChI is InChI=1S/C17H25N3O2/c1-4-7-15(21)20-11-6-9-17(20,3)16(22)19-12-14-13(2)8-5-10-18-14/h5,8,10H,4,6-7,9,11-12H2,1-3H3,(H,19,22). The fraction of sp³-hybridized carbons (Fsp3) is 0.588. The van der Waals surface area contributed by atoms with Crippen molar-refractivity contribution in [3.8, 4) is 0 Å². The highest BCUT2D eigenvalue weighted by atomic mass is 16.2. The van der Waals surface area contributed by atoms with Crippen molar-refractivity contribution in [1.82, 2.24) is 15.2 Å². The van der Waals surface area contributed by atoms with Gasteiger partial charge in [0.05, 0.1) is 12.2 Å². The quantitative estimate of drug-likeness (QED) is 0.907. The normalized spacial score (nSPS) is 21.0. The third-order valence-electron chi connectivity index (χ3n) is 4.43. The van der Waals surface area contributed by atoms with Crippen LogP contribution in [-0.4, -0.2) is 33.8 Å². The lowest BCUT2D eigenvalue weighted by Crippen LogP contribution is -2.55. The van der Waals surface area contributed by atoms with Gasteiger partial charge in [-0.15, -0.1) is 0 Å². The zero-order chi connectivity index (χ0) is 16.2. The summed E-state index contributed by atoms with van der Waals surface area (Å²) in [5.41, 5.74) is 1.19. The molecule has 0 radical (unpaired) electrons. The second-order valence-corrected chi connectivity index (χ2v) is 6.12. The second kappa shape index (κ2) is 6.90. The number of nitrogens with one attached hydrogen (secondary N) is 1. The minimum Gasteiger partial charge on any atom is -0.348 e. The molecule has 1 aliphatic rings. The van der Waals surface area contributed by atoms with Crippen molar-refractivity contribution in [2.24, 2.45) is 0 Å². The third kappa shape index (κ3) is 3.29. The van der Waals surface area contributed by atoms with Crippen molar-refractivity contribution in [3.63, 3.8) is 0 Å². The summed E-state index contributed by atoms with van der Waals surface area (Å²) in [7, 11) is 0. The molecule has 2 heterocycles. The van der Waals surface area contributed by atoms with Gasteiger partial charge in [-0.2, -0.15) is 0 Å². The molecule has 1 aliphatic heterocycles. The number of rotatable bonds is 5. The molecule has 22 heavy (non-hydrogen) atoms. The van der Waals surface area contributed by atoms with Gasteiger partial charge in [-0.3, -0.25) is 14.6 Å². The highest BCUT2D eigenvalue weighted by molar-refractivity contribution is 5.91. The molecule has 1 fully saturated rings. The van der Waals surface area contributed by atoms with Crippen molar-refractivity contribution >= 4 is 11.8 Å². The van der Waals surface area contributed by atoms with Gasteiger partial charge in [0.15, 0.2) is 0 Å². The van der Waals surface area contributed by atoms with Gasteiger partial charge < -0.3 is 10.2 Å². The lowest BCUT2D eigenvalue weighted by molar-refractivity contribution is -0.144. The number of hydrogen-bond donors (Lipinski definition) is 1. The fourth-order valence-electron chi connectivity index (χ4n) is 3.01. The van der Waals surface area contributed by atoms with Crippen LogP contribution in [0.1, 0.15) is 50.8 Å². The largest absolute Gasteiger partial charge is 0.348 e.